The monoisotopic (exact) mass is 250 g/mol. The highest BCUT2D eigenvalue weighted by molar-refractivity contribution is 5.00. The molecule has 18 heavy (non-hydrogen) atoms. The first-order valence-corrected chi connectivity index (χ1v) is 6.60. The highest BCUT2D eigenvalue weighted by atomic mass is 16.9. The number of hydrogen-bond donors (Lipinski definition) is 0. The minimum Gasteiger partial charge on any atom is -0.327 e. The van der Waals surface area contributed by atoms with Gasteiger partial charge in [-0.1, -0.05) is 5.57 Å². The number of rotatable bonds is 6. The lowest BCUT2D eigenvalue weighted by molar-refractivity contribution is -0.469. The van der Waals surface area contributed by atoms with Gasteiger partial charge >= 0.3 is 0 Å². The van der Waals surface area contributed by atoms with Crippen LogP contribution in [-0.4, -0.2) is 25.8 Å². The molecule has 3 saturated heterocycles. The highest BCUT2D eigenvalue weighted by Gasteiger charge is 2.51. The van der Waals surface area contributed by atoms with E-state index < -0.39 is 5.97 Å². The number of hydrogen-bond acceptors (Lipinski definition) is 3. The van der Waals surface area contributed by atoms with Gasteiger partial charge in [-0.05, 0) is 26.2 Å². The molecule has 0 N–H and O–H groups in total. The zero-order chi connectivity index (χ0) is 13.1. The largest absolute Gasteiger partial charge is 0.327 e. The second kappa shape index (κ2) is 5.44. The van der Waals surface area contributed by atoms with Gasteiger partial charge in [0.2, 0.25) is 0 Å². The Bertz CT molecular complexity index is 329. The Morgan fingerprint density at radius 1 is 1.22 bits per heavy atom. The Hall–Kier alpha value is -0.820. The van der Waals surface area contributed by atoms with Gasteiger partial charge in [-0.25, -0.2) is 0 Å². The highest BCUT2D eigenvalue weighted by Crippen LogP contribution is 2.43. The van der Waals surface area contributed by atoms with Gasteiger partial charge in [0.15, 0.2) is 0 Å². The topological polar surface area (TPSA) is 27.7 Å². The molecule has 0 saturated carbocycles. The van der Waals surface area contributed by atoms with Crippen molar-refractivity contribution >= 4 is 0 Å². The summed E-state index contributed by atoms with van der Waals surface area (Å²) in [4.78, 5) is 0. The summed E-state index contributed by atoms with van der Waals surface area (Å²) >= 11 is 0. The molecular weight excluding hydrogens is 228 g/mol. The summed E-state index contributed by atoms with van der Waals surface area (Å²) in [6.45, 7) is 8.10. The summed E-state index contributed by atoms with van der Waals surface area (Å²) in [7, 11) is 0. The first-order valence-electron chi connectivity index (χ1n) is 6.60. The predicted octanol–water partition coefficient (Wildman–Crippen LogP) is 2.86. The van der Waals surface area contributed by atoms with E-state index in [0.717, 1.165) is 37.7 Å². The quantitative estimate of drug-likeness (QED) is 0.412. The van der Waals surface area contributed by atoms with E-state index in [4.69, 9.17) is 20.6 Å². The number of unbranched alkanes of at least 4 members (excludes halogenated alkanes) is 2. The molecule has 100 valence electrons. The molecule has 0 spiro atoms. The first kappa shape index (κ1) is 13.6. The van der Waals surface area contributed by atoms with Crippen LogP contribution in [0.4, 0.5) is 0 Å². The molecule has 3 rings (SSSR count). The van der Waals surface area contributed by atoms with Gasteiger partial charge in [-0.2, -0.15) is 0 Å². The van der Waals surface area contributed by atoms with Crippen molar-refractivity contribution in [3.63, 3.8) is 0 Å². The van der Waals surface area contributed by atoms with Crippen LogP contribution in [0.25, 0.3) is 0 Å². The maximum Gasteiger partial charge on any atom is 0.282 e. The summed E-state index contributed by atoms with van der Waals surface area (Å²) in [5.74, 6) is 1.84. The van der Waals surface area contributed by atoms with Gasteiger partial charge in [-0.15, -0.1) is 18.9 Å². The summed E-state index contributed by atoms with van der Waals surface area (Å²) in [6.07, 6.45) is 9.66. The second-order valence-electron chi connectivity index (χ2n) is 5.59. The summed E-state index contributed by atoms with van der Waals surface area (Å²) in [5, 5.41) is 0. The van der Waals surface area contributed by atoms with E-state index in [-0.39, 0.29) is 5.41 Å². The van der Waals surface area contributed by atoms with E-state index in [1.54, 1.807) is 0 Å². The normalized spacial score (nSPS) is 34.2. The minimum atomic E-state index is -0.800. The molecule has 3 heteroatoms. The third-order valence-corrected chi connectivity index (χ3v) is 3.53. The fourth-order valence-electron chi connectivity index (χ4n) is 2.62. The molecular formula is C15H22O3. The van der Waals surface area contributed by atoms with Crippen LogP contribution >= 0.6 is 0 Å². The SMILES string of the molecule is C#CCCCCC12OCC(CC(=C)C)(CO1)CO2. The van der Waals surface area contributed by atoms with Crippen molar-refractivity contribution in [3.05, 3.63) is 12.2 Å². The minimum absolute atomic E-state index is 0.0214. The lowest BCUT2D eigenvalue weighted by Gasteiger charge is -2.52. The number of allylic oxidation sites excluding steroid dienone is 1. The molecule has 0 radical (unpaired) electrons. The molecule has 0 aromatic rings. The molecule has 3 fully saturated rings. The summed E-state index contributed by atoms with van der Waals surface area (Å²) < 4.78 is 17.4. The van der Waals surface area contributed by atoms with Crippen LogP contribution in [0, 0.1) is 17.8 Å². The van der Waals surface area contributed by atoms with Crippen molar-refractivity contribution in [2.75, 3.05) is 19.8 Å². The van der Waals surface area contributed by atoms with Gasteiger partial charge < -0.3 is 14.2 Å². The van der Waals surface area contributed by atoms with E-state index in [2.05, 4.69) is 12.5 Å². The average molecular weight is 250 g/mol. The number of ether oxygens (including phenoxy) is 3. The van der Waals surface area contributed by atoms with Crippen LogP contribution in [0.1, 0.15) is 39.0 Å². The van der Waals surface area contributed by atoms with E-state index in [1.807, 2.05) is 6.92 Å². The van der Waals surface area contributed by atoms with Crippen molar-refractivity contribution in [1.29, 1.82) is 0 Å². The molecule has 0 amide bonds. The fourth-order valence-corrected chi connectivity index (χ4v) is 2.62. The Balaban J connectivity index is 1.83. The maximum absolute atomic E-state index is 5.81. The Labute approximate surface area is 109 Å². The van der Waals surface area contributed by atoms with Gasteiger partial charge in [0.25, 0.3) is 5.97 Å². The van der Waals surface area contributed by atoms with Crippen LogP contribution in [0.3, 0.4) is 0 Å². The third-order valence-electron chi connectivity index (χ3n) is 3.53. The Kier molecular flexibility index (Phi) is 4.11. The number of fused-ring (bicyclic) bond motifs is 3. The van der Waals surface area contributed by atoms with Crippen LogP contribution in [0.5, 0.6) is 0 Å². The van der Waals surface area contributed by atoms with Gasteiger partial charge in [0.1, 0.15) is 0 Å². The van der Waals surface area contributed by atoms with Crippen LogP contribution in [-0.2, 0) is 14.2 Å². The first-order chi connectivity index (χ1) is 8.60. The van der Waals surface area contributed by atoms with Crippen LogP contribution in [0.15, 0.2) is 12.2 Å². The molecule has 3 aliphatic heterocycles. The van der Waals surface area contributed by atoms with E-state index in [0.29, 0.717) is 19.8 Å². The second-order valence-corrected chi connectivity index (χ2v) is 5.59. The molecule has 0 atom stereocenters. The summed E-state index contributed by atoms with van der Waals surface area (Å²) in [5.41, 5.74) is 1.13. The Morgan fingerprint density at radius 3 is 2.33 bits per heavy atom. The molecule has 0 aliphatic carbocycles. The molecule has 3 aliphatic rings. The molecule has 0 aromatic heterocycles. The number of terminal acetylenes is 1. The van der Waals surface area contributed by atoms with Gasteiger partial charge in [-0.3, -0.25) is 0 Å². The van der Waals surface area contributed by atoms with Crippen molar-refractivity contribution in [3.8, 4) is 12.3 Å². The fraction of sp³-hybridized carbons (Fsp3) is 0.733. The maximum atomic E-state index is 5.81. The molecule has 0 unspecified atom stereocenters. The van der Waals surface area contributed by atoms with E-state index in [9.17, 15) is 0 Å². The van der Waals surface area contributed by atoms with Crippen LogP contribution < -0.4 is 0 Å². The molecule has 3 nitrogen and oxygen atoms in total. The smallest absolute Gasteiger partial charge is 0.282 e. The van der Waals surface area contributed by atoms with Crippen LogP contribution in [0.2, 0.25) is 0 Å². The lowest BCUT2D eigenvalue weighted by atomic mass is 9.82. The van der Waals surface area contributed by atoms with Crippen molar-refractivity contribution in [1.82, 2.24) is 0 Å². The average Bonchev–Trinajstić information content (AvgIpc) is 2.36. The van der Waals surface area contributed by atoms with E-state index in [1.165, 1.54) is 0 Å². The zero-order valence-electron chi connectivity index (χ0n) is 11.2. The van der Waals surface area contributed by atoms with Gasteiger partial charge in [0, 0.05) is 18.3 Å². The zero-order valence-corrected chi connectivity index (χ0v) is 11.2. The Morgan fingerprint density at radius 2 is 1.83 bits per heavy atom. The van der Waals surface area contributed by atoms with E-state index >= 15 is 0 Å². The van der Waals surface area contributed by atoms with Crippen molar-refractivity contribution in [2.24, 2.45) is 5.41 Å². The summed E-state index contributed by atoms with van der Waals surface area (Å²) in [6, 6.07) is 0. The van der Waals surface area contributed by atoms with Crippen molar-refractivity contribution < 1.29 is 14.2 Å². The lowest BCUT2D eigenvalue weighted by Crippen LogP contribution is -2.60. The molecule has 2 bridgehead atoms. The molecule has 0 aromatic carbocycles. The van der Waals surface area contributed by atoms with Gasteiger partial charge in [0.05, 0.1) is 19.8 Å². The predicted molar refractivity (Wildman–Crippen MR) is 69.8 cm³/mol. The third kappa shape index (κ3) is 2.95. The standard InChI is InChI=1S/C15H22O3/c1-4-5-6-7-8-15-16-10-14(11-17-15,12-18-15)9-13(2)3/h1H,2,5-12H2,3H3. The molecule has 3 heterocycles. The van der Waals surface area contributed by atoms with Crippen molar-refractivity contribution in [2.45, 2.75) is 45.0 Å².